The fourth-order valence-electron chi connectivity index (χ4n) is 4.19. The maximum absolute atomic E-state index is 12.9. The molecule has 0 bridgehead atoms. The van der Waals surface area contributed by atoms with Crippen molar-refractivity contribution in [3.8, 4) is 0 Å². The highest BCUT2D eigenvalue weighted by molar-refractivity contribution is 5.96. The van der Waals surface area contributed by atoms with Crippen LogP contribution in [-0.4, -0.2) is 72.8 Å². The average Bonchev–Trinajstić information content (AvgIpc) is 2.82. The molecular formula is C23H31N3O5. The van der Waals surface area contributed by atoms with Crippen LogP contribution < -0.4 is 5.32 Å². The van der Waals surface area contributed by atoms with E-state index in [1.807, 2.05) is 11.0 Å². The molecule has 1 N–H and O–H groups in total. The first kappa shape index (κ1) is 22.8. The van der Waals surface area contributed by atoms with E-state index in [0.717, 1.165) is 0 Å². The zero-order valence-corrected chi connectivity index (χ0v) is 18.0. The number of piperidine rings is 2. The lowest BCUT2D eigenvalue weighted by atomic mass is 9.92. The van der Waals surface area contributed by atoms with Gasteiger partial charge in [0.05, 0.1) is 19.1 Å². The minimum atomic E-state index is -0.273. The zero-order valence-electron chi connectivity index (χ0n) is 18.0. The molecule has 0 unspecified atom stereocenters. The van der Waals surface area contributed by atoms with Crippen molar-refractivity contribution in [1.29, 1.82) is 0 Å². The number of nitrogens with zero attached hydrogens (tertiary/aromatic N) is 2. The lowest BCUT2D eigenvalue weighted by molar-refractivity contribution is -0.152. The van der Waals surface area contributed by atoms with E-state index in [4.69, 9.17) is 4.74 Å². The first-order chi connectivity index (χ1) is 15.0. The normalized spacial score (nSPS) is 17.8. The molecule has 0 aliphatic carbocycles. The Morgan fingerprint density at radius 1 is 0.903 bits per heavy atom. The summed E-state index contributed by atoms with van der Waals surface area (Å²) in [6.07, 6.45) is 2.52. The first-order valence-corrected chi connectivity index (χ1v) is 11.1. The Labute approximate surface area is 182 Å². The Morgan fingerprint density at radius 3 is 2.10 bits per heavy atom. The molecule has 1 aromatic rings. The van der Waals surface area contributed by atoms with Crippen LogP contribution in [0.5, 0.6) is 0 Å². The van der Waals surface area contributed by atoms with E-state index in [0.29, 0.717) is 64.0 Å². The number of ether oxygens (including phenoxy) is 1. The fourth-order valence-corrected chi connectivity index (χ4v) is 4.19. The van der Waals surface area contributed by atoms with Gasteiger partial charge in [0.15, 0.2) is 0 Å². The quantitative estimate of drug-likeness (QED) is 0.691. The summed E-state index contributed by atoms with van der Waals surface area (Å²) >= 11 is 0. The molecule has 1 aromatic carbocycles. The van der Waals surface area contributed by atoms with Crippen molar-refractivity contribution < 1.29 is 23.9 Å². The maximum Gasteiger partial charge on any atom is 0.309 e. The number of amides is 3. The van der Waals surface area contributed by atoms with Crippen LogP contribution in [0, 0.1) is 11.8 Å². The van der Waals surface area contributed by atoms with Crippen molar-refractivity contribution in [2.24, 2.45) is 11.8 Å². The molecule has 2 aliphatic rings. The molecule has 0 aromatic heterocycles. The highest BCUT2D eigenvalue weighted by atomic mass is 16.5. The van der Waals surface area contributed by atoms with E-state index < -0.39 is 0 Å². The third kappa shape index (κ3) is 6.06. The Balaban J connectivity index is 1.39. The van der Waals surface area contributed by atoms with Gasteiger partial charge >= 0.3 is 5.97 Å². The highest BCUT2D eigenvalue weighted by Crippen LogP contribution is 2.24. The molecular weight excluding hydrogens is 398 g/mol. The molecule has 0 atom stereocenters. The molecule has 2 heterocycles. The molecule has 0 spiro atoms. The minimum absolute atomic E-state index is 0.0479. The van der Waals surface area contributed by atoms with E-state index in [1.54, 1.807) is 36.1 Å². The van der Waals surface area contributed by atoms with E-state index in [1.165, 1.54) is 0 Å². The van der Waals surface area contributed by atoms with Crippen LogP contribution in [0.3, 0.4) is 0 Å². The predicted octanol–water partition coefficient (Wildman–Crippen LogP) is 1.46. The van der Waals surface area contributed by atoms with Gasteiger partial charge in [-0.3, -0.25) is 19.2 Å². The number of carbonyl (C=O) groups is 4. The fraction of sp³-hybridized carbons (Fsp3) is 0.565. The highest BCUT2D eigenvalue weighted by Gasteiger charge is 2.33. The monoisotopic (exact) mass is 429 g/mol. The molecule has 0 radical (unpaired) electrons. The van der Waals surface area contributed by atoms with Crippen molar-refractivity contribution in [2.75, 3.05) is 39.3 Å². The van der Waals surface area contributed by atoms with Gasteiger partial charge in [0.2, 0.25) is 11.8 Å². The predicted molar refractivity (Wildman–Crippen MR) is 114 cm³/mol. The summed E-state index contributed by atoms with van der Waals surface area (Å²) in [4.78, 5) is 52.8. The molecule has 3 rings (SSSR count). The number of esters is 1. The third-order valence-electron chi connectivity index (χ3n) is 6.06. The standard InChI is InChI=1S/C23H31N3O5/c1-2-31-23(30)19-10-14-26(15-11-19)22(29)18-8-12-25(13-9-18)20(27)16-24-21(28)17-6-4-3-5-7-17/h3-7,18-19H,2,8-16H2,1H3,(H,24,28). The molecule has 8 nitrogen and oxygen atoms in total. The molecule has 2 aliphatic heterocycles. The van der Waals surface area contributed by atoms with Gasteiger partial charge in [-0.1, -0.05) is 18.2 Å². The topological polar surface area (TPSA) is 96.0 Å². The summed E-state index contributed by atoms with van der Waals surface area (Å²) in [5.74, 6) is -0.667. The second-order valence-electron chi connectivity index (χ2n) is 8.06. The van der Waals surface area contributed by atoms with Crippen LogP contribution in [-0.2, 0) is 19.1 Å². The number of benzene rings is 1. The lowest BCUT2D eigenvalue weighted by Crippen LogP contribution is -2.48. The van der Waals surface area contributed by atoms with E-state index in [2.05, 4.69) is 5.32 Å². The van der Waals surface area contributed by atoms with Crippen LogP contribution >= 0.6 is 0 Å². The maximum atomic E-state index is 12.9. The second kappa shape index (κ2) is 10.9. The van der Waals surface area contributed by atoms with Gasteiger partial charge in [-0.15, -0.1) is 0 Å². The smallest absolute Gasteiger partial charge is 0.309 e. The largest absolute Gasteiger partial charge is 0.466 e. The summed E-state index contributed by atoms with van der Waals surface area (Å²) in [5, 5.41) is 2.66. The molecule has 0 saturated carbocycles. The summed E-state index contributed by atoms with van der Waals surface area (Å²) in [5.41, 5.74) is 0.520. The van der Waals surface area contributed by atoms with Crippen LogP contribution in [0.2, 0.25) is 0 Å². The number of hydrogen-bond acceptors (Lipinski definition) is 5. The number of hydrogen-bond donors (Lipinski definition) is 1. The summed E-state index contributed by atoms with van der Waals surface area (Å²) in [7, 11) is 0. The van der Waals surface area contributed by atoms with Gasteiger partial charge in [-0.05, 0) is 44.7 Å². The first-order valence-electron chi connectivity index (χ1n) is 11.1. The molecule has 3 amide bonds. The summed E-state index contributed by atoms with van der Waals surface area (Å²) < 4.78 is 5.08. The molecule has 31 heavy (non-hydrogen) atoms. The van der Waals surface area contributed by atoms with Crippen LogP contribution in [0.1, 0.15) is 43.0 Å². The van der Waals surface area contributed by atoms with Crippen molar-refractivity contribution in [3.05, 3.63) is 35.9 Å². The molecule has 2 saturated heterocycles. The SMILES string of the molecule is CCOC(=O)C1CCN(C(=O)C2CCN(C(=O)CNC(=O)c3ccccc3)CC2)CC1. The molecule has 8 heteroatoms. The Morgan fingerprint density at radius 2 is 1.48 bits per heavy atom. The van der Waals surface area contributed by atoms with E-state index in [9.17, 15) is 19.2 Å². The van der Waals surface area contributed by atoms with Gasteiger partial charge in [-0.25, -0.2) is 0 Å². The number of rotatable bonds is 6. The van der Waals surface area contributed by atoms with E-state index in [-0.39, 0.29) is 42.1 Å². The Hall–Kier alpha value is -2.90. The van der Waals surface area contributed by atoms with Crippen molar-refractivity contribution in [1.82, 2.24) is 15.1 Å². The molecule has 168 valence electrons. The van der Waals surface area contributed by atoms with Gasteiger partial charge < -0.3 is 19.9 Å². The van der Waals surface area contributed by atoms with E-state index >= 15 is 0 Å². The van der Waals surface area contributed by atoms with Crippen molar-refractivity contribution in [2.45, 2.75) is 32.6 Å². The van der Waals surface area contributed by atoms with Crippen molar-refractivity contribution >= 4 is 23.7 Å². The number of carbonyl (C=O) groups excluding carboxylic acids is 4. The van der Waals surface area contributed by atoms with Gasteiger partial charge in [0.1, 0.15) is 0 Å². The van der Waals surface area contributed by atoms with Crippen LogP contribution in [0.15, 0.2) is 30.3 Å². The van der Waals surface area contributed by atoms with Gasteiger partial charge in [0.25, 0.3) is 5.91 Å². The average molecular weight is 430 g/mol. The van der Waals surface area contributed by atoms with Crippen LogP contribution in [0.4, 0.5) is 0 Å². The van der Waals surface area contributed by atoms with Gasteiger partial charge in [0, 0.05) is 37.7 Å². The third-order valence-corrected chi connectivity index (χ3v) is 6.06. The van der Waals surface area contributed by atoms with Crippen LogP contribution in [0.25, 0.3) is 0 Å². The van der Waals surface area contributed by atoms with Gasteiger partial charge in [-0.2, -0.15) is 0 Å². The van der Waals surface area contributed by atoms with Crippen molar-refractivity contribution in [3.63, 3.8) is 0 Å². The molecule has 2 fully saturated rings. The zero-order chi connectivity index (χ0) is 22.2. The lowest BCUT2D eigenvalue weighted by Gasteiger charge is -2.36. The summed E-state index contributed by atoms with van der Waals surface area (Å²) in [6, 6.07) is 8.78. The Kier molecular flexibility index (Phi) is 8.03. The second-order valence-corrected chi connectivity index (χ2v) is 8.06. The number of likely N-dealkylation sites (tertiary alicyclic amines) is 2. The number of nitrogens with one attached hydrogen (secondary N) is 1. The summed E-state index contributed by atoms with van der Waals surface area (Å²) in [6.45, 7) is 4.30. The minimum Gasteiger partial charge on any atom is -0.466 e. The Bertz CT molecular complexity index is 782.